The number of nitrogens with one attached hydrogen (secondary N) is 1. The van der Waals surface area contributed by atoms with Gasteiger partial charge < -0.3 is 14.5 Å². The van der Waals surface area contributed by atoms with Crippen LogP contribution in [0.25, 0.3) is 22.1 Å². The Morgan fingerprint density at radius 3 is 2.81 bits per heavy atom. The highest BCUT2D eigenvalue weighted by Crippen LogP contribution is 2.28. The molecule has 1 N–H and O–H groups in total. The van der Waals surface area contributed by atoms with Gasteiger partial charge in [0.1, 0.15) is 11.1 Å². The van der Waals surface area contributed by atoms with E-state index < -0.39 is 0 Å². The zero-order valence-corrected chi connectivity index (χ0v) is 18.5. The quantitative estimate of drug-likeness (QED) is 0.348. The minimum absolute atomic E-state index is 0.0444. The molecular weight excluding hydrogens is 426 g/mol. The van der Waals surface area contributed by atoms with E-state index in [1.807, 2.05) is 55.5 Å². The largest absolute Gasteiger partial charge is 0.448 e. The van der Waals surface area contributed by atoms with Crippen molar-refractivity contribution in [3.05, 3.63) is 64.4 Å². The van der Waals surface area contributed by atoms with Gasteiger partial charge in [-0.05, 0) is 44.0 Å². The van der Waals surface area contributed by atoms with E-state index in [4.69, 9.17) is 14.1 Å². The number of fused-ring (bicyclic) bond motifs is 3. The molecule has 0 unspecified atom stereocenters. The summed E-state index contributed by atoms with van der Waals surface area (Å²) >= 11 is 1.24. The van der Waals surface area contributed by atoms with E-state index in [1.165, 1.54) is 11.8 Å². The SMILES string of the molecule is Cc1ccc(NC(=O)CSc2nc3c(oc4ccccc43)c(=O)n2C[C@H]2CCCO2)cc1. The molecule has 1 amide bonds. The molecule has 164 valence electrons. The summed E-state index contributed by atoms with van der Waals surface area (Å²) in [6.45, 7) is 3.08. The molecule has 2 aromatic carbocycles. The van der Waals surface area contributed by atoms with E-state index in [-0.39, 0.29) is 28.9 Å². The number of rotatable bonds is 6. The molecule has 1 fully saturated rings. The van der Waals surface area contributed by atoms with Crippen LogP contribution in [0.1, 0.15) is 18.4 Å². The first kappa shape index (κ1) is 20.8. The number of nitrogens with zero attached hydrogens (tertiary/aromatic N) is 2. The number of carbonyl (C=O) groups is 1. The molecule has 5 rings (SSSR count). The van der Waals surface area contributed by atoms with Gasteiger partial charge >= 0.3 is 0 Å². The van der Waals surface area contributed by atoms with Gasteiger partial charge in [0.25, 0.3) is 5.56 Å². The number of ether oxygens (including phenoxy) is 1. The topological polar surface area (TPSA) is 86.4 Å². The predicted molar refractivity (Wildman–Crippen MR) is 125 cm³/mol. The summed E-state index contributed by atoms with van der Waals surface area (Å²) < 4.78 is 13.2. The molecule has 0 spiro atoms. The van der Waals surface area contributed by atoms with Gasteiger partial charge in [-0.1, -0.05) is 41.6 Å². The Kier molecular flexibility index (Phi) is 5.71. The second-order valence-corrected chi connectivity index (χ2v) is 8.87. The zero-order chi connectivity index (χ0) is 22.1. The monoisotopic (exact) mass is 449 g/mol. The minimum atomic E-state index is -0.247. The number of para-hydroxylation sites is 1. The van der Waals surface area contributed by atoms with E-state index in [2.05, 4.69) is 5.32 Å². The number of aryl methyl sites for hydroxylation is 1. The highest BCUT2D eigenvalue weighted by atomic mass is 32.2. The number of thioether (sulfide) groups is 1. The number of carbonyl (C=O) groups excluding carboxylic acids is 1. The van der Waals surface area contributed by atoms with E-state index >= 15 is 0 Å². The molecule has 1 aliphatic heterocycles. The smallest absolute Gasteiger partial charge is 0.297 e. The molecule has 1 saturated heterocycles. The Morgan fingerprint density at radius 2 is 2.03 bits per heavy atom. The van der Waals surface area contributed by atoms with Crippen molar-refractivity contribution in [2.45, 2.75) is 37.6 Å². The van der Waals surface area contributed by atoms with Gasteiger partial charge in [-0.15, -0.1) is 0 Å². The number of anilines is 1. The summed E-state index contributed by atoms with van der Waals surface area (Å²) in [4.78, 5) is 30.6. The molecule has 0 aliphatic carbocycles. The molecule has 0 saturated carbocycles. The van der Waals surface area contributed by atoms with Crippen molar-refractivity contribution in [2.75, 3.05) is 17.7 Å². The second-order valence-electron chi connectivity index (χ2n) is 7.92. The van der Waals surface area contributed by atoms with Gasteiger partial charge in [0, 0.05) is 17.7 Å². The highest BCUT2D eigenvalue weighted by molar-refractivity contribution is 7.99. The fourth-order valence-corrected chi connectivity index (χ4v) is 4.68. The van der Waals surface area contributed by atoms with Gasteiger partial charge in [0.15, 0.2) is 5.16 Å². The average molecular weight is 450 g/mol. The fraction of sp³-hybridized carbons (Fsp3) is 0.292. The molecule has 1 atom stereocenters. The van der Waals surface area contributed by atoms with E-state index in [0.717, 1.165) is 29.5 Å². The summed E-state index contributed by atoms with van der Waals surface area (Å²) in [5.74, 6) is -0.0263. The van der Waals surface area contributed by atoms with Gasteiger partial charge in [-0.3, -0.25) is 14.2 Å². The van der Waals surface area contributed by atoms with E-state index in [9.17, 15) is 9.59 Å². The van der Waals surface area contributed by atoms with Crippen LogP contribution in [0.3, 0.4) is 0 Å². The molecule has 3 heterocycles. The maximum atomic E-state index is 13.3. The Labute approximate surface area is 188 Å². The van der Waals surface area contributed by atoms with E-state index in [0.29, 0.717) is 29.4 Å². The van der Waals surface area contributed by atoms with Gasteiger partial charge in [-0.2, -0.15) is 0 Å². The summed E-state index contributed by atoms with van der Waals surface area (Å²) in [7, 11) is 0. The highest BCUT2D eigenvalue weighted by Gasteiger charge is 2.23. The van der Waals surface area contributed by atoms with Crippen LogP contribution in [-0.4, -0.2) is 33.9 Å². The Bertz CT molecular complexity index is 1340. The molecule has 4 aromatic rings. The standard InChI is InChI=1S/C24H23N3O4S/c1-15-8-10-16(11-9-15)25-20(28)14-32-24-26-21-18-6-2-3-7-19(18)31-22(21)23(29)27(24)13-17-5-4-12-30-17/h2-3,6-11,17H,4-5,12-14H2,1H3,(H,25,28)/t17-/m1/s1. The lowest BCUT2D eigenvalue weighted by atomic mass is 10.2. The normalized spacial score (nSPS) is 16.1. The van der Waals surface area contributed by atoms with Gasteiger partial charge in [0.05, 0.1) is 18.4 Å². The lowest BCUT2D eigenvalue weighted by molar-refractivity contribution is -0.113. The molecule has 0 radical (unpaired) electrons. The number of furan rings is 1. The molecule has 7 nitrogen and oxygen atoms in total. The van der Waals surface area contributed by atoms with Crippen LogP contribution in [-0.2, 0) is 16.1 Å². The maximum Gasteiger partial charge on any atom is 0.297 e. The lowest BCUT2D eigenvalue weighted by Crippen LogP contribution is -2.29. The van der Waals surface area contributed by atoms with Gasteiger partial charge in [0.2, 0.25) is 11.5 Å². The first-order valence-electron chi connectivity index (χ1n) is 10.6. The van der Waals surface area contributed by atoms with Crippen LogP contribution in [0.4, 0.5) is 5.69 Å². The van der Waals surface area contributed by atoms with Crippen molar-refractivity contribution in [1.29, 1.82) is 0 Å². The number of benzene rings is 2. The van der Waals surface area contributed by atoms with Crippen molar-refractivity contribution in [3.8, 4) is 0 Å². The van der Waals surface area contributed by atoms with Crippen LogP contribution < -0.4 is 10.9 Å². The summed E-state index contributed by atoms with van der Waals surface area (Å²) in [6, 6.07) is 15.1. The van der Waals surface area contributed by atoms with Gasteiger partial charge in [-0.25, -0.2) is 4.98 Å². The summed E-state index contributed by atoms with van der Waals surface area (Å²) in [5.41, 5.74) is 2.99. The molecule has 8 heteroatoms. The van der Waals surface area contributed by atoms with Crippen molar-refractivity contribution >= 4 is 45.4 Å². The number of hydrogen-bond donors (Lipinski definition) is 1. The molecule has 32 heavy (non-hydrogen) atoms. The van der Waals surface area contributed by atoms with Crippen molar-refractivity contribution in [1.82, 2.24) is 9.55 Å². The Balaban J connectivity index is 1.46. The molecular formula is C24H23N3O4S. The first-order valence-corrected chi connectivity index (χ1v) is 11.6. The van der Waals surface area contributed by atoms with Crippen LogP contribution in [0.2, 0.25) is 0 Å². The fourth-order valence-electron chi connectivity index (χ4n) is 3.88. The number of aromatic nitrogens is 2. The maximum absolute atomic E-state index is 13.3. The second kappa shape index (κ2) is 8.80. The van der Waals surface area contributed by atoms with E-state index in [1.54, 1.807) is 4.57 Å². The molecule has 1 aliphatic rings. The Hall–Kier alpha value is -3.10. The number of hydrogen-bond acceptors (Lipinski definition) is 6. The van der Waals surface area contributed by atoms with Crippen LogP contribution in [0.15, 0.2) is 62.9 Å². The van der Waals surface area contributed by atoms with Crippen molar-refractivity contribution in [3.63, 3.8) is 0 Å². The number of amides is 1. The summed E-state index contributed by atoms with van der Waals surface area (Å²) in [6.07, 6.45) is 1.82. The van der Waals surface area contributed by atoms with Crippen molar-refractivity contribution < 1.29 is 13.9 Å². The minimum Gasteiger partial charge on any atom is -0.448 e. The zero-order valence-electron chi connectivity index (χ0n) is 17.7. The predicted octanol–water partition coefficient (Wildman–Crippen LogP) is 4.36. The van der Waals surface area contributed by atoms with Crippen LogP contribution >= 0.6 is 11.8 Å². The lowest BCUT2D eigenvalue weighted by Gasteiger charge is -2.15. The van der Waals surface area contributed by atoms with Crippen molar-refractivity contribution in [2.24, 2.45) is 0 Å². The average Bonchev–Trinajstić information content (AvgIpc) is 3.44. The first-order chi connectivity index (χ1) is 15.6. The summed E-state index contributed by atoms with van der Waals surface area (Å²) in [5, 5.41) is 4.17. The third-order valence-electron chi connectivity index (χ3n) is 5.52. The van der Waals surface area contributed by atoms with Crippen LogP contribution in [0.5, 0.6) is 0 Å². The molecule has 0 bridgehead atoms. The Morgan fingerprint density at radius 1 is 1.22 bits per heavy atom. The van der Waals surface area contributed by atoms with Crippen LogP contribution in [0, 0.1) is 6.92 Å². The molecule has 2 aromatic heterocycles. The third kappa shape index (κ3) is 4.16. The third-order valence-corrected chi connectivity index (χ3v) is 6.50.